The van der Waals surface area contributed by atoms with Crippen LogP contribution in [0.5, 0.6) is 0 Å². The lowest BCUT2D eigenvalue weighted by molar-refractivity contribution is -0.153. The number of hydrogen-bond acceptors (Lipinski definition) is 3. The smallest absolute Gasteiger partial charge is 0.238 e. The molecule has 0 aromatic carbocycles. The molecule has 1 unspecified atom stereocenters. The molecule has 0 spiro atoms. The first-order valence-corrected chi connectivity index (χ1v) is 8.92. The maximum atomic E-state index is 13.1. The lowest BCUT2D eigenvalue weighted by atomic mass is 9.95. The molecular formula is C17H27N3O3. The zero-order valence-corrected chi connectivity index (χ0v) is 14.0. The van der Waals surface area contributed by atoms with Crippen LogP contribution in [0.15, 0.2) is 0 Å². The number of piperazine rings is 1. The van der Waals surface area contributed by atoms with Crippen molar-refractivity contribution in [1.82, 2.24) is 14.7 Å². The van der Waals surface area contributed by atoms with Crippen molar-refractivity contribution < 1.29 is 14.4 Å². The summed E-state index contributed by atoms with van der Waals surface area (Å²) < 4.78 is 0. The third kappa shape index (κ3) is 2.95. The van der Waals surface area contributed by atoms with E-state index in [0.29, 0.717) is 45.1 Å². The molecule has 0 aromatic heterocycles. The Morgan fingerprint density at radius 3 is 2.30 bits per heavy atom. The predicted molar refractivity (Wildman–Crippen MR) is 85.5 cm³/mol. The molecule has 2 saturated heterocycles. The highest BCUT2D eigenvalue weighted by atomic mass is 16.2. The van der Waals surface area contributed by atoms with Crippen molar-refractivity contribution in [1.29, 1.82) is 0 Å². The van der Waals surface area contributed by atoms with Gasteiger partial charge in [-0.25, -0.2) is 0 Å². The van der Waals surface area contributed by atoms with Gasteiger partial charge in [-0.2, -0.15) is 0 Å². The summed E-state index contributed by atoms with van der Waals surface area (Å²) in [7, 11) is 0. The van der Waals surface area contributed by atoms with E-state index in [2.05, 4.69) is 6.92 Å². The first kappa shape index (κ1) is 16.3. The van der Waals surface area contributed by atoms with Crippen molar-refractivity contribution in [2.45, 2.75) is 51.5 Å². The average molecular weight is 321 g/mol. The fourth-order valence-corrected chi connectivity index (χ4v) is 3.94. The van der Waals surface area contributed by atoms with E-state index in [-0.39, 0.29) is 11.8 Å². The summed E-state index contributed by atoms with van der Waals surface area (Å²) in [6.07, 6.45) is 6.45. The second kappa shape index (κ2) is 6.49. The van der Waals surface area contributed by atoms with Crippen molar-refractivity contribution in [3.63, 3.8) is 0 Å². The fraction of sp³-hybridized carbons (Fsp3) is 0.824. The van der Waals surface area contributed by atoms with Gasteiger partial charge in [-0.3, -0.25) is 14.4 Å². The van der Waals surface area contributed by atoms with Gasteiger partial charge in [0.15, 0.2) is 0 Å². The molecule has 6 heteroatoms. The van der Waals surface area contributed by atoms with Crippen LogP contribution in [0.4, 0.5) is 0 Å². The molecule has 3 amide bonds. The molecule has 3 aliphatic rings. The number of likely N-dealkylation sites (tertiary alicyclic amines) is 1. The summed E-state index contributed by atoms with van der Waals surface area (Å²) in [5.41, 5.74) is -0.784. The van der Waals surface area contributed by atoms with Gasteiger partial charge < -0.3 is 14.7 Å². The summed E-state index contributed by atoms with van der Waals surface area (Å²) in [5, 5.41) is 0. The van der Waals surface area contributed by atoms with Crippen molar-refractivity contribution in [2.75, 3.05) is 32.7 Å². The average Bonchev–Trinajstić information content (AvgIpc) is 3.42. The topological polar surface area (TPSA) is 60.9 Å². The Morgan fingerprint density at radius 2 is 1.74 bits per heavy atom. The Hall–Kier alpha value is -1.59. The van der Waals surface area contributed by atoms with Gasteiger partial charge in [-0.15, -0.1) is 0 Å². The Morgan fingerprint density at radius 1 is 1.04 bits per heavy atom. The molecule has 0 aromatic rings. The first-order valence-electron chi connectivity index (χ1n) is 8.92. The standard InChI is InChI=1S/C17H27N3O3/c1-2-14-5-3-4-8-20(14)16(23)17(6-7-17)15(22)19-11-9-18(13-21)10-12-19/h13-14H,2-12H2,1H3. The van der Waals surface area contributed by atoms with Gasteiger partial charge in [0.25, 0.3) is 0 Å². The number of piperidine rings is 1. The van der Waals surface area contributed by atoms with E-state index < -0.39 is 5.41 Å². The molecule has 0 radical (unpaired) electrons. The summed E-state index contributed by atoms with van der Waals surface area (Å²) in [4.78, 5) is 42.2. The Labute approximate surface area is 137 Å². The van der Waals surface area contributed by atoms with Crippen LogP contribution < -0.4 is 0 Å². The first-order chi connectivity index (χ1) is 11.1. The normalized spacial score (nSPS) is 26.8. The third-order valence-electron chi connectivity index (χ3n) is 5.68. The number of rotatable bonds is 4. The highest BCUT2D eigenvalue weighted by Crippen LogP contribution is 2.49. The molecule has 2 heterocycles. The van der Waals surface area contributed by atoms with Gasteiger partial charge in [-0.05, 0) is 38.5 Å². The van der Waals surface area contributed by atoms with E-state index in [1.54, 1.807) is 9.80 Å². The van der Waals surface area contributed by atoms with Crippen LogP contribution in [0, 0.1) is 5.41 Å². The van der Waals surface area contributed by atoms with Crippen LogP contribution in [0.25, 0.3) is 0 Å². The maximum Gasteiger partial charge on any atom is 0.238 e. The molecule has 3 rings (SSSR count). The van der Waals surface area contributed by atoms with E-state index >= 15 is 0 Å². The SMILES string of the molecule is CCC1CCCCN1C(=O)C1(C(=O)N2CCN(C=O)CC2)CC1. The summed E-state index contributed by atoms with van der Waals surface area (Å²) in [5.74, 6) is 0.0559. The van der Waals surface area contributed by atoms with E-state index in [4.69, 9.17) is 0 Å². The minimum atomic E-state index is -0.784. The summed E-state index contributed by atoms with van der Waals surface area (Å²) >= 11 is 0. The van der Waals surface area contributed by atoms with Gasteiger partial charge in [-0.1, -0.05) is 6.92 Å². The zero-order valence-electron chi connectivity index (χ0n) is 14.0. The molecule has 2 aliphatic heterocycles. The van der Waals surface area contributed by atoms with Crippen molar-refractivity contribution in [2.24, 2.45) is 5.41 Å². The minimum Gasteiger partial charge on any atom is -0.342 e. The van der Waals surface area contributed by atoms with Crippen LogP contribution >= 0.6 is 0 Å². The lowest BCUT2D eigenvalue weighted by Crippen LogP contribution is -2.55. The zero-order chi connectivity index (χ0) is 16.4. The van der Waals surface area contributed by atoms with E-state index in [0.717, 1.165) is 32.2 Å². The number of amides is 3. The third-order valence-corrected chi connectivity index (χ3v) is 5.68. The van der Waals surface area contributed by atoms with Crippen molar-refractivity contribution >= 4 is 18.2 Å². The summed E-state index contributed by atoms with van der Waals surface area (Å²) in [6, 6.07) is 0.299. The van der Waals surface area contributed by atoms with Crippen LogP contribution in [0.2, 0.25) is 0 Å². The van der Waals surface area contributed by atoms with Crippen LogP contribution in [0.3, 0.4) is 0 Å². The van der Waals surface area contributed by atoms with E-state index in [1.165, 1.54) is 6.42 Å². The highest BCUT2D eigenvalue weighted by Gasteiger charge is 2.60. The van der Waals surface area contributed by atoms with Crippen molar-refractivity contribution in [3.8, 4) is 0 Å². The van der Waals surface area contributed by atoms with E-state index in [1.807, 2.05) is 4.90 Å². The highest BCUT2D eigenvalue weighted by molar-refractivity contribution is 6.08. The molecule has 1 aliphatic carbocycles. The Balaban J connectivity index is 1.67. The van der Waals surface area contributed by atoms with Gasteiger partial charge in [0, 0.05) is 38.8 Å². The van der Waals surface area contributed by atoms with E-state index in [9.17, 15) is 14.4 Å². The molecule has 0 N–H and O–H groups in total. The minimum absolute atomic E-state index is 0.00604. The lowest BCUT2D eigenvalue weighted by Gasteiger charge is -2.39. The largest absolute Gasteiger partial charge is 0.342 e. The molecule has 6 nitrogen and oxygen atoms in total. The van der Waals surface area contributed by atoms with Gasteiger partial charge in [0.2, 0.25) is 18.2 Å². The molecule has 0 bridgehead atoms. The molecule has 1 atom stereocenters. The maximum absolute atomic E-state index is 13.1. The number of nitrogens with zero attached hydrogens (tertiary/aromatic N) is 3. The second-order valence-electron chi connectivity index (χ2n) is 7.07. The van der Waals surface area contributed by atoms with Crippen molar-refractivity contribution in [3.05, 3.63) is 0 Å². The second-order valence-corrected chi connectivity index (χ2v) is 7.07. The molecule has 23 heavy (non-hydrogen) atoms. The van der Waals surface area contributed by atoms with Gasteiger partial charge in [0.1, 0.15) is 5.41 Å². The number of hydrogen-bond donors (Lipinski definition) is 0. The van der Waals surface area contributed by atoms with Crippen LogP contribution in [0.1, 0.15) is 45.4 Å². The number of carbonyl (C=O) groups is 3. The Kier molecular flexibility index (Phi) is 4.60. The number of carbonyl (C=O) groups excluding carboxylic acids is 3. The van der Waals surface area contributed by atoms with Gasteiger partial charge in [0.05, 0.1) is 0 Å². The molecular weight excluding hydrogens is 294 g/mol. The Bertz CT molecular complexity index is 481. The predicted octanol–water partition coefficient (Wildman–Crippen LogP) is 0.858. The molecule has 128 valence electrons. The molecule has 3 fully saturated rings. The monoisotopic (exact) mass is 321 g/mol. The fourth-order valence-electron chi connectivity index (χ4n) is 3.94. The molecule has 1 saturated carbocycles. The van der Waals surface area contributed by atoms with Crippen LogP contribution in [-0.4, -0.2) is 71.7 Å². The van der Waals surface area contributed by atoms with Gasteiger partial charge >= 0.3 is 0 Å². The van der Waals surface area contributed by atoms with Crippen LogP contribution in [-0.2, 0) is 14.4 Å². The summed E-state index contributed by atoms with van der Waals surface area (Å²) in [6.45, 7) is 5.15. The quantitative estimate of drug-likeness (QED) is 0.570.